The van der Waals surface area contributed by atoms with Gasteiger partial charge in [-0.1, -0.05) is 18.2 Å². The fourth-order valence-electron chi connectivity index (χ4n) is 3.91. The minimum Gasteiger partial charge on any atom is -0.354 e. The molecule has 4 nitrogen and oxygen atoms in total. The molecule has 5 heteroatoms. The summed E-state index contributed by atoms with van der Waals surface area (Å²) in [7, 11) is 0. The Morgan fingerprint density at radius 1 is 1.12 bits per heavy atom. The molecule has 25 heavy (non-hydrogen) atoms. The lowest BCUT2D eigenvalue weighted by molar-refractivity contribution is -0.119. The number of pyridine rings is 1. The second-order valence-electron chi connectivity index (χ2n) is 6.87. The number of rotatable bonds is 3. The molecule has 0 spiro atoms. The molecule has 0 aliphatic carbocycles. The van der Waals surface area contributed by atoms with Gasteiger partial charge in [-0.25, -0.2) is 9.37 Å². The predicted molar refractivity (Wildman–Crippen MR) is 96.2 cm³/mol. The molecule has 130 valence electrons. The second-order valence-corrected chi connectivity index (χ2v) is 6.87. The number of hydrogen-bond donors (Lipinski definition) is 0. The van der Waals surface area contributed by atoms with Crippen LogP contribution in [0.5, 0.6) is 0 Å². The maximum atomic E-state index is 13.9. The number of para-hydroxylation sites is 1. The van der Waals surface area contributed by atoms with Gasteiger partial charge in [0, 0.05) is 37.9 Å². The number of amides is 1. The summed E-state index contributed by atoms with van der Waals surface area (Å²) in [6.45, 7) is 2.29. The smallest absolute Gasteiger partial charge is 0.227 e. The van der Waals surface area contributed by atoms with Crippen molar-refractivity contribution in [1.82, 2.24) is 4.98 Å². The van der Waals surface area contributed by atoms with Crippen molar-refractivity contribution in [2.75, 3.05) is 29.4 Å². The van der Waals surface area contributed by atoms with Crippen LogP contribution in [0.15, 0.2) is 42.6 Å². The molecule has 1 saturated heterocycles. The number of halogens is 1. The zero-order valence-corrected chi connectivity index (χ0v) is 14.2. The maximum absolute atomic E-state index is 13.9. The largest absolute Gasteiger partial charge is 0.354 e. The molecule has 2 aromatic rings. The lowest BCUT2D eigenvalue weighted by Crippen LogP contribution is -2.37. The summed E-state index contributed by atoms with van der Waals surface area (Å²) in [5.74, 6) is 0.738. The molecule has 1 aromatic heterocycles. The Labute approximate surface area is 147 Å². The van der Waals surface area contributed by atoms with E-state index >= 15 is 0 Å². The molecule has 1 fully saturated rings. The van der Waals surface area contributed by atoms with Gasteiger partial charge in [-0.15, -0.1) is 0 Å². The van der Waals surface area contributed by atoms with Crippen LogP contribution in [0, 0.1) is 11.7 Å². The summed E-state index contributed by atoms with van der Waals surface area (Å²) in [5, 5.41) is 0. The molecule has 0 radical (unpaired) electrons. The van der Waals surface area contributed by atoms with Gasteiger partial charge in [0.1, 0.15) is 0 Å². The Hall–Kier alpha value is -2.43. The van der Waals surface area contributed by atoms with Gasteiger partial charge in [0.05, 0.1) is 0 Å². The number of piperidine rings is 1. The molecule has 0 bridgehead atoms. The summed E-state index contributed by atoms with van der Waals surface area (Å²) in [5.41, 5.74) is 2.33. The quantitative estimate of drug-likeness (QED) is 0.860. The van der Waals surface area contributed by atoms with Gasteiger partial charge in [0.25, 0.3) is 0 Å². The lowest BCUT2D eigenvalue weighted by Gasteiger charge is -2.33. The fourth-order valence-corrected chi connectivity index (χ4v) is 3.91. The Morgan fingerprint density at radius 2 is 1.92 bits per heavy atom. The average Bonchev–Trinajstić information content (AvgIpc) is 3.07. The van der Waals surface area contributed by atoms with Crippen molar-refractivity contribution >= 4 is 17.4 Å². The van der Waals surface area contributed by atoms with Crippen molar-refractivity contribution < 1.29 is 9.18 Å². The van der Waals surface area contributed by atoms with Crippen LogP contribution < -0.4 is 9.80 Å². The zero-order chi connectivity index (χ0) is 17.2. The topological polar surface area (TPSA) is 36.4 Å². The predicted octanol–water partition coefficient (Wildman–Crippen LogP) is 3.42. The molecule has 0 unspecified atom stereocenters. The summed E-state index contributed by atoms with van der Waals surface area (Å²) in [6.07, 6.45) is 4.94. The van der Waals surface area contributed by atoms with Gasteiger partial charge in [0.15, 0.2) is 11.6 Å². The van der Waals surface area contributed by atoms with Gasteiger partial charge >= 0.3 is 0 Å². The van der Waals surface area contributed by atoms with E-state index in [1.54, 1.807) is 12.3 Å². The molecule has 2 aliphatic rings. The van der Waals surface area contributed by atoms with E-state index in [-0.39, 0.29) is 11.7 Å². The van der Waals surface area contributed by atoms with E-state index in [0.717, 1.165) is 44.6 Å². The summed E-state index contributed by atoms with van der Waals surface area (Å²) in [4.78, 5) is 20.8. The van der Waals surface area contributed by atoms with Crippen LogP contribution in [0.4, 0.5) is 15.9 Å². The third-order valence-electron chi connectivity index (χ3n) is 5.30. The van der Waals surface area contributed by atoms with Crippen LogP contribution in [0.25, 0.3) is 0 Å². The first-order chi connectivity index (χ1) is 12.2. The summed E-state index contributed by atoms with van der Waals surface area (Å²) >= 11 is 0. The SMILES string of the molecule is O=C(CC1CCN(c2ncccc2F)CC1)N1CCc2ccccc21. The highest BCUT2D eigenvalue weighted by molar-refractivity contribution is 5.95. The Bertz CT molecular complexity index is 771. The molecule has 0 saturated carbocycles. The van der Waals surface area contributed by atoms with E-state index in [4.69, 9.17) is 0 Å². The normalized spacial score (nSPS) is 17.6. The second kappa shape index (κ2) is 6.82. The van der Waals surface area contributed by atoms with Crippen molar-refractivity contribution in [3.05, 3.63) is 54.0 Å². The monoisotopic (exact) mass is 339 g/mol. The van der Waals surface area contributed by atoms with Gasteiger partial charge in [-0.3, -0.25) is 4.79 Å². The summed E-state index contributed by atoms with van der Waals surface area (Å²) in [6, 6.07) is 11.2. The van der Waals surface area contributed by atoms with Crippen LogP contribution in [0.1, 0.15) is 24.8 Å². The van der Waals surface area contributed by atoms with Crippen LogP contribution >= 0.6 is 0 Å². The van der Waals surface area contributed by atoms with Crippen LogP contribution in [-0.2, 0) is 11.2 Å². The third-order valence-corrected chi connectivity index (χ3v) is 5.30. The molecule has 3 heterocycles. The number of carbonyl (C=O) groups excluding carboxylic acids is 1. The molecule has 1 amide bonds. The van der Waals surface area contributed by atoms with Gasteiger partial charge < -0.3 is 9.80 Å². The first-order valence-electron chi connectivity index (χ1n) is 8.96. The highest BCUT2D eigenvalue weighted by Gasteiger charge is 2.28. The molecule has 0 atom stereocenters. The minimum absolute atomic E-state index is 0.215. The van der Waals surface area contributed by atoms with E-state index in [1.807, 2.05) is 28.0 Å². The number of anilines is 2. The van der Waals surface area contributed by atoms with Gasteiger partial charge in [-0.05, 0) is 48.9 Å². The first kappa shape index (κ1) is 16.1. The number of aromatic nitrogens is 1. The highest BCUT2D eigenvalue weighted by atomic mass is 19.1. The molecule has 0 N–H and O–H groups in total. The van der Waals surface area contributed by atoms with Crippen molar-refractivity contribution in [2.24, 2.45) is 5.92 Å². The van der Waals surface area contributed by atoms with Crippen molar-refractivity contribution in [3.8, 4) is 0 Å². The first-order valence-corrected chi connectivity index (χ1v) is 8.96. The number of benzene rings is 1. The zero-order valence-electron chi connectivity index (χ0n) is 14.2. The van der Waals surface area contributed by atoms with Crippen LogP contribution in [0.3, 0.4) is 0 Å². The number of fused-ring (bicyclic) bond motifs is 1. The Balaban J connectivity index is 1.35. The molecular weight excluding hydrogens is 317 g/mol. The van der Waals surface area contributed by atoms with Gasteiger partial charge in [0.2, 0.25) is 5.91 Å². The average molecular weight is 339 g/mol. The van der Waals surface area contributed by atoms with Crippen molar-refractivity contribution in [2.45, 2.75) is 25.7 Å². The van der Waals surface area contributed by atoms with E-state index < -0.39 is 0 Å². The van der Waals surface area contributed by atoms with Crippen molar-refractivity contribution in [3.63, 3.8) is 0 Å². The number of carbonyl (C=O) groups is 1. The maximum Gasteiger partial charge on any atom is 0.227 e. The lowest BCUT2D eigenvalue weighted by atomic mass is 9.93. The molecule has 4 rings (SSSR count). The van der Waals surface area contributed by atoms with Crippen molar-refractivity contribution in [1.29, 1.82) is 0 Å². The minimum atomic E-state index is -0.272. The summed E-state index contributed by atoms with van der Waals surface area (Å²) < 4.78 is 13.9. The fraction of sp³-hybridized carbons (Fsp3) is 0.400. The van der Waals surface area contributed by atoms with E-state index in [1.165, 1.54) is 11.6 Å². The van der Waals surface area contributed by atoms with Crippen LogP contribution in [-0.4, -0.2) is 30.5 Å². The number of nitrogens with zero attached hydrogens (tertiary/aromatic N) is 3. The highest BCUT2D eigenvalue weighted by Crippen LogP contribution is 2.31. The third kappa shape index (κ3) is 3.23. The molecule has 2 aliphatic heterocycles. The van der Waals surface area contributed by atoms with Gasteiger partial charge in [-0.2, -0.15) is 0 Å². The van der Waals surface area contributed by atoms with Crippen LogP contribution in [0.2, 0.25) is 0 Å². The number of hydrogen-bond acceptors (Lipinski definition) is 3. The van der Waals surface area contributed by atoms with E-state index in [9.17, 15) is 9.18 Å². The van der Waals surface area contributed by atoms with E-state index in [2.05, 4.69) is 11.1 Å². The standard InChI is InChI=1S/C20H22FN3O/c21-17-5-3-10-22-20(17)23-11-7-15(8-12-23)14-19(25)24-13-9-16-4-1-2-6-18(16)24/h1-6,10,15H,7-9,11-14H2. The Morgan fingerprint density at radius 3 is 2.72 bits per heavy atom. The molecule has 1 aromatic carbocycles. The Kier molecular flexibility index (Phi) is 4.38. The van der Waals surface area contributed by atoms with E-state index in [0.29, 0.717) is 18.2 Å². The molecular formula is C20H22FN3O.